The first-order chi connectivity index (χ1) is 30.0. The van der Waals surface area contributed by atoms with Crippen molar-refractivity contribution < 1.29 is 8.83 Å². The van der Waals surface area contributed by atoms with Crippen LogP contribution in [0.4, 0.5) is 34.1 Å². The highest BCUT2D eigenvalue weighted by atomic mass is 16.3. The first kappa shape index (κ1) is 37.7. The molecule has 0 atom stereocenters. The molecule has 2 heterocycles. The van der Waals surface area contributed by atoms with Crippen LogP contribution in [0, 0.1) is 55.4 Å². The van der Waals surface area contributed by atoms with Crippen molar-refractivity contribution in [3.8, 4) is 0 Å². The molecule has 4 heteroatoms. The van der Waals surface area contributed by atoms with Gasteiger partial charge in [0.05, 0.1) is 11.4 Å². The monoisotopic (exact) mass is 804 g/mol. The van der Waals surface area contributed by atoms with Crippen molar-refractivity contribution in [3.05, 3.63) is 190 Å². The molecule has 11 aromatic rings. The summed E-state index contributed by atoms with van der Waals surface area (Å²) in [6.07, 6.45) is 0. The molecular formula is C58H48N2O2. The summed E-state index contributed by atoms with van der Waals surface area (Å²) in [5, 5.41) is 9.02. The second-order valence-electron chi connectivity index (χ2n) is 17.4. The second kappa shape index (κ2) is 14.1. The number of para-hydroxylation sites is 2. The lowest BCUT2D eigenvalue weighted by atomic mass is 9.97. The fourth-order valence-corrected chi connectivity index (χ4v) is 9.95. The minimum atomic E-state index is 0.877. The van der Waals surface area contributed by atoms with Gasteiger partial charge in [0.15, 0.2) is 0 Å². The molecule has 0 spiro atoms. The van der Waals surface area contributed by atoms with Crippen LogP contribution in [-0.2, 0) is 0 Å². The van der Waals surface area contributed by atoms with Crippen LogP contribution in [-0.4, -0.2) is 0 Å². The van der Waals surface area contributed by atoms with E-state index in [0.29, 0.717) is 0 Å². The van der Waals surface area contributed by atoms with Crippen LogP contribution in [0.3, 0.4) is 0 Å². The van der Waals surface area contributed by atoms with E-state index in [4.69, 9.17) is 8.83 Å². The predicted octanol–water partition coefficient (Wildman–Crippen LogP) is 17.2. The largest absolute Gasteiger partial charge is 0.456 e. The van der Waals surface area contributed by atoms with Crippen molar-refractivity contribution in [3.63, 3.8) is 0 Å². The van der Waals surface area contributed by atoms with Crippen molar-refractivity contribution in [1.82, 2.24) is 0 Å². The Kier molecular flexibility index (Phi) is 8.59. The molecule has 62 heavy (non-hydrogen) atoms. The molecule has 302 valence electrons. The number of aryl methyl sites for hydroxylation is 8. The Labute approximate surface area is 362 Å². The van der Waals surface area contributed by atoms with Crippen LogP contribution >= 0.6 is 0 Å². The van der Waals surface area contributed by atoms with Crippen molar-refractivity contribution >= 4 is 99.5 Å². The summed E-state index contributed by atoms with van der Waals surface area (Å²) in [6, 6.07) is 53.3. The maximum Gasteiger partial charge on any atom is 0.139 e. The molecule has 0 saturated heterocycles. The number of furan rings is 2. The molecule has 0 aliphatic rings. The highest BCUT2D eigenvalue weighted by Gasteiger charge is 2.24. The number of rotatable bonds is 6. The first-order valence-corrected chi connectivity index (χ1v) is 21.6. The normalized spacial score (nSPS) is 11.9. The SMILES string of the molecule is Cc1ccc(N(c2ccc3cc4c(cc3c2)oc2c(C)c3c(oc5cc6cc(N(c7ccc(C)cc7)c7c(C)cccc7C)ccc6cc53)c(C)c24)c2c(C)cccc2C)cc1. The molecule has 0 N–H and O–H groups in total. The smallest absolute Gasteiger partial charge is 0.139 e. The molecule has 0 amide bonds. The molecule has 0 fully saturated rings. The Morgan fingerprint density at radius 1 is 0.339 bits per heavy atom. The minimum Gasteiger partial charge on any atom is -0.456 e. The maximum atomic E-state index is 6.90. The summed E-state index contributed by atoms with van der Waals surface area (Å²) in [5.74, 6) is 0. The van der Waals surface area contributed by atoms with Crippen LogP contribution in [0.1, 0.15) is 44.5 Å². The van der Waals surface area contributed by atoms with E-state index in [-0.39, 0.29) is 0 Å². The zero-order valence-electron chi connectivity index (χ0n) is 36.6. The Bertz CT molecular complexity index is 3330. The highest BCUT2D eigenvalue weighted by molar-refractivity contribution is 6.22. The van der Waals surface area contributed by atoms with E-state index < -0.39 is 0 Å². The summed E-state index contributed by atoms with van der Waals surface area (Å²) in [4.78, 5) is 4.77. The van der Waals surface area contributed by atoms with E-state index >= 15 is 0 Å². The van der Waals surface area contributed by atoms with Gasteiger partial charge in [0.25, 0.3) is 0 Å². The Morgan fingerprint density at radius 2 is 0.694 bits per heavy atom. The van der Waals surface area contributed by atoms with E-state index in [1.165, 1.54) is 55.5 Å². The summed E-state index contributed by atoms with van der Waals surface area (Å²) in [7, 11) is 0. The molecule has 2 aromatic heterocycles. The van der Waals surface area contributed by atoms with Gasteiger partial charge in [0.1, 0.15) is 22.3 Å². The van der Waals surface area contributed by atoms with Gasteiger partial charge in [-0.1, -0.05) is 83.9 Å². The average molecular weight is 805 g/mol. The maximum absolute atomic E-state index is 6.90. The zero-order chi connectivity index (χ0) is 42.6. The fourth-order valence-electron chi connectivity index (χ4n) is 9.95. The second-order valence-corrected chi connectivity index (χ2v) is 17.4. The van der Waals surface area contributed by atoms with Crippen LogP contribution < -0.4 is 9.80 Å². The van der Waals surface area contributed by atoms with Gasteiger partial charge in [-0.3, -0.25) is 0 Å². The van der Waals surface area contributed by atoms with E-state index in [0.717, 1.165) is 88.5 Å². The van der Waals surface area contributed by atoms with E-state index in [1.807, 2.05) is 0 Å². The summed E-state index contributed by atoms with van der Waals surface area (Å²) >= 11 is 0. The number of hydrogen-bond acceptors (Lipinski definition) is 4. The number of hydrogen-bond donors (Lipinski definition) is 0. The number of benzene rings is 9. The quantitative estimate of drug-likeness (QED) is 0.168. The lowest BCUT2D eigenvalue weighted by Crippen LogP contribution is -2.12. The zero-order valence-corrected chi connectivity index (χ0v) is 36.6. The Balaban J connectivity index is 1.05. The third kappa shape index (κ3) is 5.89. The molecule has 0 unspecified atom stereocenters. The molecule has 0 radical (unpaired) electrons. The number of fused-ring (bicyclic) bond motifs is 8. The predicted molar refractivity (Wildman–Crippen MR) is 263 cm³/mol. The van der Waals surface area contributed by atoms with Crippen molar-refractivity contribution in [2.24, 2.45) is 0 Å². The molecule has 4 nitrogen and oxygen atoms in total. The molecule has 11 rings (SSSR count). The summed E-state index contributed by atoms with van der Waals surface area (Å²) in [5.41, 5.74) is 20.1. The van der Waals surface area contributed by atoms with Crippen LogP contribution in [0.15, 0.2) is 154 Å². The highest BCUT2D eigenvalue weighted by Crippen LogP contribution is 2.47. The molecule has 0 bridgehead atoms. The van der Waals surface area contributed by atoms with Gasteiger partial charge in [-0.25, -0.2) is 0 Å². The van der Waals surface area contributed by atoms with Gasteiger partial charge in [-0.15, -0.1) is 0 Å². The van der Waals surface area contributed by atoms with Gasteiger partial charge in [-0.2, -0.15) is 0 Å². The minimum absolute atomic E-state index is 0.877. The Morgan fingerprint density at radius 3 is 1.06 bits per heavy atom. The van der Waals surface area contributed by atoms with Gasteiger partial charge < -0.3 is 18.6 Å². The van der Waals surface area contributed by atoms with Gasteiger partial charge in [0, 0.05) is 55.4 Å². The molecule has 0 aliphatic heterocycles. The number of anilines is 6. The van der Waals surface area contributed by atoms with Crippen LogP contribution in [0.5, 0.6) is 0 Å². The summed E-state index contributed by atoms with van der Waals surface area (Å²) < 4.78 is 13.8. The average Bonchev–Trinajstić information content (AvgIpc) is 3.83. The van der Waals surface area contributed by atoms with Gasteiger partial charge in [-0.05, 0) is 172 Å². The summed E-state index contributed by atoms with van der Waals surface area (Å²) in [6.45, 7) is 17.4. The van der Waals surface area contributed by atoms with E-state index in [9.17, 15) is 0 Å². The molecular weight excluding hydrogens is 757 g/mol. The van der Waals surface area contributed by atoms with Gasteiger partial charge in [0.2, 0.25) is 0 Å². The van der Waals surface area contributed by atoms with Crippen molar-refractivity contribution in [2.75, 3.05) is 9.80 Å². The standard InChI is InChI=1S/C58H48N2O2/c1-33-15-21-45(22-16-33)59(55-35(3)11-9-12-36(55)4)47-25-19-41-29-49-51(31-43(41)27-47)61-57-40(8)54-50-30-42-20-26-48(28-44(42)32-52(50)62-58(54)39(7)53(49)57)60(46-23-17-34(2)18-24-46)56-37(5)13-10-14-38(56)6/h9-32H,1-8H3. The molecule has 0 saturated carbocycles. The molecule has 9 aromatic carbocycles. The fraction of sp³-hybridized carbons (Fsp3) is 0.138. The number of nitrogens with zero attached hydrogens (tertiary/aromatic N) is 2. The lowest BCUT2D eigenvalue weighted by molar-refractivity contribution is 0.660. The van der Waals surface area contributed by atoms with E-state index in [1.54, 1.807) is 0 Å². The lowest BCUT2D eigenvalue weighted by Gasteiger charge is -2.29. The Hall–Kier alpha value is -7.30. The van der Waals surface area contributed by atoms with E-state index in [2.05, 4.69) is 211 Å². The van der Waals surface area contributed by atoms with Crippen molar-refractivity contribution in [2.45, 2.75) is 55.4 Å². The van der Waals surface area contributed by atoms with Gasteiger partial charge >= 0.3 is 0 Å². The topological polar surface area (TPSA) is 32.8 Å². The third-order valence-corrected chi connectivity index (χ3v) is 13.1. The van der Waals surface area contributed by atoms with Crippen LogP contribution in [0.2, 0.25) is 0 Å². The van der Waals surface area contributed by atoms with Crippen molar-refractivity contribution in [1.29, 1.82) is 0 Å². The third-order valence-electron chi connectivity index (χ3n) is 13.1. The molecule has 0 aliphatic carbocycles. The van der Waals surface area contributed by atoms with Crippen LogP contribution in [0.25, 0.3) is 65.4 Å². The first-order valence-electron chi connectivity index (χ1n) is 21.6.